The maximum atomic E-state index is 11.6. The van der Waals surface area contributed by atoms with Crippen LogP contribution in [0.15, 0.2) is 6.07 Å². The minimum absolute atomic E-state index is 0.0179. The molecule has 1 atom stereocenters. The number of hydrogen-bond acceptors (Lipinski definition) is 6. The highest BCUT2D eigenvalue weighted by Gasteiger charge is 2.33. The Morgan fingerprint density at radius 3 is 2.81 bits per heavy atom. The molecular weight excluding hydrogens is 344 g/mol. The van der Waals surface area contributed by atoms with E-state index in [0.717, 1.165) is 54.3 Å². The SMILES string of the molecule is CC(C)(C)c1cc(Nc2nc(N3CCC[C@H]3C(=O)O)nc3c2CCC3)n[nH]1. The number of H-pyrrole nitrogens is 1. The molecule has 0 bridgehead atoms. The van der Waals surface area contributed by atoms with Crippen molar-refractivity contribution in [3.05, 3.63) is 23.0 Å². The Morgan fingerprint density at radius 1 is 1.30 bits per heavy atom. The van der Waals surface area contributed by atoms with E-state index in [9.17, 15) is 9.90 Å². The third-order valence-electron chi connectivity index (χ3n) is 5.35. The van der Waals surface area contributed by atoms with Crippen LogP contribution < -0.4 is 10.2 Å². The maximum Gasteiger partial charge on any atom is 0.326 e. The van der Waals surface area contributed by atoms with Crippen molar-refractivity contribution in [1.29, 1.82) is 0 Å². The first kappa shape index (κ1) is 17.8. The molecule has 4 rings (SSSR count). The molecule has 1 aliphatic heterocycles. The Bertz CT molecular complexity index is 870. The number of aryl methyl sites for hydroxylation is 1. The molecular formula is C19H26N6O2. The van der Waals surface area contributed by atoms with E-state index < -0.39 is 12.0 Å². The van der Waals surface area contributed by atoms with Crippen molar-refractivity contribution in [1.82, 2.24) is 20.2 Å². The number of nitrogens with one attached hydrogen (secondary N) is 2. The average Bonchev–Trinajstić information content (AvgIpc) is 3.33. The van der Waals surface area contributed by atoms with Gasteiger partial charge in [0.2, 0.25) is 5.95 Å². The largest absolute Gasteiger partial charge is 0.480 e. The Labute approximate surface area is 158 Å². The fourth-order valence-electron chi connectivity index (χ4n) is 3.81. The first-order valence-corrected chi connectivity index (χ1v) is 9.55. The number of carbonyl (C=O) groups is 1. The maximum absolute atomic E-state index is 11.6. The fourth-order valence-corrected chi connectivity index (χ4v) is 3.81. The van der Waals surface area contributed by atoms with Crippen LogP contribution in [0.3, 0.4) is 0 Å². The van der Waals surface area contributed by atoms with E-state index in [1.807, 2.05) is 11.0 Å². The monoisotopic (exact) mass is 370 g/mol. The number of carboxylic acid groups (broad SMARTS) is 1. The number of hydrogen-bond donors (Lipinski definition) is 3. The Balaban J connectivity index is 1.67. The van der Waals surface area contributed by atoms with Crippen LogP contribution in [0, 0.1) is 0 Å². The van der Waals surface area contributed by atoms with E-state index in [0.29, 0.717) is 18.9 Å². The molecule has 144 valence electrons. The molecule has 27 heavy (non-hydrogen) atoms. The summed E-state index contributed by atoms with van der Waals surface area (Å²) in [5.41, 5.74) is 3.16. The Kier molecular flexibility index (Phi) is 4.28. The first-order chi connectivity index (χ1) is 12.8. The second kappa shape index (κ2) is 6.51. The normalized spacial score (nSPS) is 19.4. The van der Waals surface area contributed by atoms with Gasteiger partial charge in [-0.2, -0.15) is 10.1 Å². The van der Waals surface area contributed by atoms with Gasteiger partial charge in [-0.3, -0.25) is 5.10 Å². The highest BCUT2D eigenvalue weighted by Crippen LogP contribution is 2.33. The number of carboxylic acids is 1. The zero-order valence-corrected chi connectivity index (χ0v) is 16.0. The second-order valence-corrected chi connectivity index (χ2v) is 8.38. The van der Waals surface area contributed by atoms with Gasteiger partial charge in [0, 0.05) is 29.3 Å². The molecule has 2 aromatic rings. The van der Waals surface area contributed by atoms with Gasteiger partial charge < -0.3 is 15.3 Å². The van der Waals surface area contributed by atoms with Crippen molar-refractivity contribution in [2.75, 3.05) is 16.8 Å². The van der Waals surface area contributed by atoms with Crippen LogP contribution in [0.5, 0.6) is 0 Å². The Morgan fingerprint density at radius 2 is 2.11 bits per heavy atom. The minimum Gasteiger partial charge on any atom is -0.480 e. The molecule has 3 heterocycles. The first-order valence-electron chi connectivity index (χ1n) is 9.55. The van der Waals surface area contributed by atoms with Gasteiger partial charge in [0.1, 0.15) is 11.9 Å². The molecule has 1 fully saturated rings. The van der Waals surface area contributed by atoms with E-state index in [4.69, 9.17) is 9.97 Å². The molecule has 2 aromatic heterocycles. The van der Waals surface area contributed by atoms with Crippen LogP contribution in [0.2, 0.25) is 0 Å². The standard InChI is InChI=1S/C19H26N6O2/c1-19(2,3)14-10-15(24-23-14)21-16-11-6-4-7-12(11)20-18(22-16)25-9-5-8-13(25)17(26)27/h10,13H,4-9H2,1-3H3,(H,26,27)(H2,20,21,22,23,24)/t13-/m0/s1. The van der Waals surface area contributed by atoms with Gasteiger partial charge >= 0.3 is 5.97 Å². The summed E-state index contributed by atoms with van der Waals surface area (Å²) in [5.74, 6) is 1.16. The van der Waals surface area contributed by atoms with Crippen LogP contribution in [-0.4, -0.2) is 43.8 Å². The lowest BCUT2D eigenvalue weighted by Crippen LogP contribution is -2.37. The summed E-state index contributed by atoms with van der Waals surface area (Å²) in [6.45, 7) is 7.06. The third kappa shape index (κ3) is 3.36. The molecule has 0 unspecified atom stereocenters. The predicted octanol–water partition coefficient (Wildman–Crippen LogP) is 2.78. The number of nitrogens with zero attached hydrogens (tertiary/aromatic N) is 4. The summed E-state index contributed by atoms with van der Waals surface area (Å²) >= 11 is 0. The van der Waals surface area contributed by atoms with Gasteiger partial charge in [0.15, 0.2) is 5.82 Å². The molecule has 3 N–H and O–H groups in total. The van der Waals surface area contributed by atoms with Crippen molar-refractivity contribution < 1.29 is 9.90 Å². The van der Waals surface area contributed by atoms with Crippen molar-refractivity contribution in [3.8, 4) is 0 Å². The lowest BCUT2D eigenvalue weighted by molar-refractivity contribution is -0.138. The van der Waals surface area contributed by atoms with Crippen molar-refractivity contribution in [3.63, 3.8) is 0 Å². The van der Waals surface area contributed by atoms with E-state index >= 15 is 0 Å². The molecule has 0 amide bonds. The molecule has 2 aliphatic rings. The summed E-state index contributed by atoms with van der Waals surface area (Å²) in [5, 5.41) is 20.3. The minimum atomic E-state index is -0.812. The molecule has 0 aromatic carbocycles. The molecule has 1 saturated heterocycles. The van der Waals surface area contributed by atoms with Gasteiger partial charge in [-0.1, -0.05) is 20.8 Å². The zero-order valence-electron chi connectivity index (χ0n) is 16.0. The number of fused-ring (bicyclic) bond motifs is 1. The average molecular weight is 370 g/mol. The molecule has 0 spiro atoms. The number of rotatable bonds is 4. The molecule has 0 saturated carbocycles. The third-order valence-corrected chi connectivity index (χ3v) is 5.35. The number of aromatic nitrogens is 4. The van der Waals surface area contributed by atoms with E-state index in [-0.39, 0.29) is 5.41 Å². The number of aliphatic carboxylic acids is 1. The predicted molar refractivity (Wildman–Crippen MR) is 103 cm³/mol. The van der Waals surface area contributed by atoms with E-state index in [1.54, 1.807) is 0 Å². The fraction of sp³-hybridized carbons (Fsp3) is 0.579. The highest BCUT2D eigenvalue weighted by atomic mass is 16.4. The van der Waals surface area contributed by atoms with Crippen molar-refractivity contribution in [2.45, 2.75) is 64.3 Å². The van der Waals surface area contributed by atoms with Crippen molar-refractivity contribution >= 4 is 23.6 Å². The van der Waals surface area contributed by atoms with Crippen LogP contribution in [0.4, 0.5) is 17.6 Å². The van der Waals surface area contributed by atoms with Crippen LogP contribution in [0.25, 0.3) is 0 Å². The lowest BCUT2D eigenvalue weighted by atomic mass is 9.92. The molecule has 8 nitrogen and oxygen atoms in total. The molecule has 0 radical (unpaired) electrons. The van der Waals surface area contributed by atoms with Crippen LogP contribution in [0.1, 0.15) is 57.0 Å². The lowest BCUT2D eigenvalue weighted by Gasteiger charge is -2.23. The smallest absolute Gasteiger partial charge is 0.326 e. The zero-order chi connectivity index (χ0) is 19.2. The van der Waals surface area contributed by atoms with Crippen LogP contribution >= 0.6 is 0 Å². The number of anilines is 3. The second-order valence-electron chi connectivity index (χ2n) is 8.38. The van der Waals surface area contributed by atoms with Gasteiger partial charge in [0.25, 0.3) is 0 Å². The van der Waals surface area contributed by atoms with Gasteiger partial charge in [-0.05, 0) is 32.1 Å². The van der Waals surface area contributed by atoms with Gasteiger partial charge in [0.05, 0.1) is 5.69 Å². The summed E-state index contributed by atoms with van der Waals surface area (Å²) < 4.78 is 0. The summed E-state index contributed by atoms with van der Waals surface area (Å²) in [6.07, 6.45) is 4.34. The van der Waals surface area contributed by atoms with Crippen LogP contribution in [-0.2, 0) is 23.1 Å². The number of aromatic amines is 1. The van der Waals surface area contributed by atoms with Crippen molar-refractivity contribution in [2.24, 2.45) is 0 Å². The molecule has 8 heteroatoms. The summed E-state index contributed by atoms with van der Waals surface area (Å²) in [6, 6.07) is 1.45. The van der Waals surface area contributed by atoms with E-state index in [2.05, 4.69) is 36.3 Å². The van der Waals surface area contributed by atoms with Gasteiger partial charge in [-0.15, -0.1) is 0 Å². The van der Waals surface area contributed by atoms with Gasteiger partial charge in [-0.25, -0.2) is 9.78 Å². The van der Waals surface area contributed by atoms with E-state index in [1.165, 1.54) is 0 Å². The topological polar surface area (TPSA) is 107 Å². The summed E-state index contributed by atoms with van der Waals surface area (Å²) in [4.78, 5) is 22.8. The Hall–Kier alpha value is -2.64. The summed E-state index contributed by atoms with van der Waals surface area (Å²) in [7, 11) is 0. The highest BCUT2D eigenvalue weighted by molar-refractivity contribution is 5.78. The molecule has 1 aliphatic carbocycles. The quantitative estimate of drug-likeness (QED) is 0.759.